The highest BCUT2D eigenvalue weighted by molar-refractivity contribution is 5.92. The van der Waals surface area contributed by atoms with Crippen LogP contribution in [0.2, 0.25) is 0 Å². The Morgan fingerprint density at radius 1 is 1.06 bits per heavy atom. The molecule has 0 spiro atoms. The normalized spacial score (nSPS) is 14.7. The molecule has 1 fully saturated rings. The molecule has 4 rings (SSSR count). The van der Waals surface area contributed by atoms with Gasteiger partial charge in [0.15, 0.2) is 0 Å². The lowest BCUT2D eigenvalue weighted by atomic mass is 10.0. The number of nitrogens with zero attached hydrogens (tertiary/aromatic N) is 3. The average Bonchev–Trinajstić information content (AvgIpc) is 2.82. The average molecular weight is 447 g/mol. The van der Waals surface area contributed by atoms with Crippen molar-refractivity contribution >= 4 is 5.91 Å². The van der Waals surface area contributed by atoms with Crippen LogP contribution in [0.1, 0.15) is 34.5 Å². The van der Waals surface area contributed by atoms with Crippen LogP contribution in [-0.2, 0) is 13.1 Å². The molecule has 0 bridgehead atoms. The molecule has 7 nitrogen and oxygen atoms in total. The molecular weight excluding hydrogens is 416 g/mol. The number of hydrogen-bond acceptors (Lipinski definition) is 5. The van der Waals surface area contributed by atoms with E-state index in [1.54, 1.807) is 0 Å². The Hall–Kier alpha value is -3.45. The zero-order chi connectivity index (χ0) is 23.0. The number of para-hydroxylation sites is 1. The molecule has 0 aliphatic carbocycles. The van der Waals surface area contributed by atoms with E-state index in [2.05, 4.69) is 46.5 Å². The summed E-state index contributed by atoms with van der Waals surface area (Å²) < 4.78 is 6.92. The molecule has 2 heterocycles. The lowest BCUT2D eigenvalue weighted by Crippen LogP contribution is -2.44. The summed E-state index contributed by atoms with van der Waals surface area (Å²) in [6, 6.07) is 21.0. The van der Waals surface area contributed by atoms with E-state index in [0.717, 1.165) is 38.2 Å². The van der Waals surface area contributed by atoms with Crippen molar-refractivity contribution in [3.8, 4) is 5.75 Å². The summed E-state index contributed by atoms with van der Waals surface area (Å²) in [5.74, 6) is 0.484. The van der Waals surface area contributed by atoms with Crippen molar-refractivity contribution in [2.24, 2.45) is 0 Å². The van der Waals surface area contributed by atoms with E-state index >= 15 is 0 Å². The van der Waals surface area contributed by atoms with Crippen LogP contribution in [0.4, 0.5) is 0 Å². The lowest BCUT2D eigenvalue weighted by molar-refractivity contribution is 0.0901. The molecule has 7 heteroatoms. The number of carbonyl (C=O) groups excluding carboxylic acids is 1. The number of benzene rings is 2. The van der Waals surface area contributed by atoms with Gasteiger partial charge in [-0.25, -0.2) is 4.68 Å². The van der Waals surface area contributed by atoms with Gasteiger partial charge >= 0.3 is 0 Å². The van der Waals surface area contributed by atoms with E-state index in [0.29, 0.717) is 6.61 Å². The number of nitrogens with one attached hydrogen (secondary N) is 1. The minimum absolute atomic E-state index is 0.106. The fourth-order valence-corrected chi connectivity index (χ4v) is 4.06. The van der Waals surface area contributed by atoms with Crippen molar-refractivity contribution in [3.63, 3.8) is 0 Å². The molecule has 1 aliphatic heterocycles. The predicted molar refractivity (Wildman–Crippen MR) is 127 cm³/mol. The van der Waals surface area contributed by atoms with Gasteiger partial charge in [-0.15, -0.1) is 0 Å². The first-order chi connectivity index (χ1) is 16.1. The van der Waals surface area contributed by atoms with Gasteiger partial charge in [0, 0.05) is 31.7 Å². The van der Waals surface area contributed by atoms with E-state index in [1.165, 1.54) is 27.9 Å². The van der Waals surface area contributed by atoms with E-state index in [1.807, 2.05) is 30.3 Å². The van der Waals surface area contributed by atoms with Crippen molar-refractivity contribution in [3.05, 3.63) is 93.9 Å². The van der Waals surface area contributed by atoms with Crippen LogP contribution in [0.15, 0.2) is 71.5 Å². The molecule has 1 aliphatic rings. The lowest BCUT2D eigenvalue weighted by Gasteiger charge is -2.32. The van der Waals surface area contributed by atoms with Crippen molar-refractivity contribution in [2.45, 2.75) is 38.9 Å². The molecule has 1 aromatic heterocycles. The van der Waals surface area contributed by atoms with Crippen LogP contribution >= 0.6 is 0 Å². The molecule has 0 saturated carbocycles. The Labute approximate surface area is 194 Å². The van der Waals surface area contributed by atoms with Crippen LogP contribution in [-0.4, -0.2) is 46.3 Å². The third-order valence-electron chi connectivity index (χ3n) is 5.83. The van der Waals surface area contributed by atoms with Crippen molar-refractivity contribution in [2.75, 3.05) is 19.7 Å². The number of piperidine rings is 1. The molecule has 2 aromatic carbocycles. The van der Waals surface area contributed by atoms with Gasteiger partial charge in [0.25, 0.3) is 11.5 Å². The van der Waals surface area contributed by atoms with Gasteiger partial charge in [-0.3, -0.25) is 14.5 Å². The third kappa shape index (κ3) is 6.52. The Balaban J connectivity index is 1.27. The molecule has 0 atom stereocenters. The minimum Gasteiger partial charge on any atom is -0.492 e. The number of hydrogen-bond donors (Lipinski definition) is 1. The first-order valence-electron chi connectivity index (χ1n) is 11.4. The number of aryl methyl sites for hydroxylation is 1. The summed E-state index contributed by atoms with van der Waals surface area (Å²) in [4.78, 5) is 27.3. The topological polar surface area (TPSA) is 76.5 Å². The third-order valence-corrected chi connectivity index (χ3v) is 5.83. The molecule has 33 heavy (non-hydrogen) atoms. The van der Waals surface area contributed by atoms with Crippen LogP contribution in [0.5, 0.6) is 5.75 Å². The Morgan fingerprint density at radius 3 is 2.61 bits per heavy atom. The summed E-state index contributed by atoms with van der Waals surface area (Å²) in [6.07, 6.45) is 1.78. The fourth-order valence-electron chi connectivity index (χ4n) is 4.06. The van der Waals surface area contributed by atoms with E-state index in [9.17, 15) is 9.59 Å². The summed E-state index contributed by atoms with van der Waals surface area (Å²) in [6.45, 7) is 5.47. The standard InChI is InChI=1S/C26H30N4O3/c1-20-6-5-7-21(18-20)19-29-14-12-22(13-15-29)27-26(32)24-10-11-25(31)30(28-24)16-17-33-23-8-3-2-4-9-23/h2-11,18,22H,12-17,19H2,1H3,(H,27,32). The first kappa shape index (κ1) is 22.7. The van der Waals surface area contributed by atoms with Crippen molar-refractivity contribution in [1.29, 1.82) is 0 Å². The highest BCUT2D eigenvalue weighted by Crippen LogP contribution is 2.15. The molecule has 1 N–H and O–H groups in total. The van der Waals surface area contributed by atoms with Gasteiger partial charge in [0.1, 0.15) is 18.1 Å². The number of carbonyl (C=O) groups is 1. The van der Waals surface area contributed by atoms with Crippen molar-refractivity contribution < 1.29 is 9.53 Å². The van der Waals surface area contributed by atoms with Crippen LogP contribution in [0.25, 0.3) is 0 Å². The minimum atomic E-state index is -0.257. The maximum Gasteiger partial charge on any atom is 0.271 e. The van der Waals surface area contributed by atoms with Crippen LogP contribution in [0, 0.1) is 6.92 Å². The fraction of sp³-hybridized carbons (Fsp3) is 0.346. The van der Waals surface area contributed by atoms with E-state index in [-0.39, 0.29) is 29.7 Å². The zero-order valence-corrected chi connectivity index (χ0v) is 18.9. The molecule has 1 amide bonds. The van der Waals surface area contributed by atoms with Crippen LogP contribution in [0.3, 0.4) is 0 Å². The molecule has 1 saturated heterocycles. The monoisotopic (exact) mass is 446 g/mol. The van der Waals surface area contributed by atoms with Gasteiger partial charge in [0.2, 0.25) is 0 Å². The summed E-state index contributed by atoms with van der Waals surface area (Å²) >= 11 is 0. The molecule has 3 aromatic rings. The van der Waals surface area contributed by atoms with Gasteiger partial charge in [0.05, 0.1) is 6.54 Å². The number of amides is 1. The summed E-state index contributed by atoms with van der Waals surface area (Å²) in [5.41, 5.74) is 2.58. The smallest absolute Gasteiger partial charge is 0.271 e. The number of likely N-dealkylation sites (tertiary alicyclic amines) is 1. The van der Waals surface area contributed by atoms with Gasteiger partial charge in [-0.05, 0) is 43.5 Å². The molecule has 172 valence electrons. The maximum atomic E-state index is 12.7. The quantitative estimate of drug-likeness (QED) is 0.576. The van der Waals surface area contributed by atoms with E-state index in [4.69, 9.17) is 4.74 Å². The highest BCUT2D eigenvalue weighted by atomic mass is 16.5. The molecule has 0 radical (unpaired) electrons. The maximum absolute atomic E-state index is 12.7. The Kier molecular flexibility index (Phi) is 7.52. The molecular formula is C26H30N4O3. The largest absolute Gasteiger partial charge is 0.492 e. The number of ether oxygens (including phenoxy) is 1. The number of aromatic nitrogens is 2. The SMILES string of the molecule is Cc1cccc(CN2CCC(NC(=O)c3ccc(=O)n(CCOc4ccccc4)n3)CC2)c1. The second-order valence-electron chi connectivity index (χ2n) is 8.45. The zero-order valence-electron chi connectivity index (χ0n) is 18.9. The second kappa shape index (κ2) is 10.9. The number of rotatable bonds is 8. The second-order valence-corrected chi connectivity index (χ2v) is 8.45. The highest BCUT2D eigenvalue weighted by Gasteiger charge is 2.22. The molecule has 0 unspecified atom stereocenters. The summed E-state index contributed by atoms with van der Waals surface area (Å²) in [7, 11) is 0. The first-order valence-corrected chi connectivity index (χ1v) is 11.4. The van der Waals surface area contributed by atoms with Gasteiger partial charge < -0.3 is 10.1 Å². The summed E-state index contributed by atoms with van der Waals surface area (Å²) in [5, 5.41) is 7.33. The Morgan fingerprint density at radius 2 is 1.85 bits per heavy atom. The predicted octanol–water partition coefficient (Wildman–Crippen LogP) is 3.03. The van der Waals surface area contributed by atoms with Crippen LogP contribution < -0.4 is 15.6 Å². The van der Waals surface area contributed by atoms with Gasteiger partial charge in [-0.1, -0.05) is 48.0 Å². The Bertz CT molecular complexity index is 1120. The van der Waals surface area contributed by atoms with Gasteiger partial charge in [-0.2, -0.15) is 5.10 Å². The van der Waals surface area contributed by atoms with E-state index < -0.39 is 0 Å². The van der Waals surface area contributed by atoms with Crippen molar-refractivity contribution in [1.82, 2.24) is 20.0 Å².